The number of benzene rings is 1. The van der Waals surface area contributed by atoms with E-state index in [1.165, 1.54) is 18.9 Å². The van der Waals surface area contributed by atoms with Crippen LogP contribution in [0, 0.1) is 12.3 Å². The molecule has 114 valence electrons. The van der Waals surface area contributed by atoms with Crippen LogP contribution in [0.3, 0.4) is 0 Å². The SMILES string of the molecule is Cc1c(NC(=O)NCC2(C)CCCC2)cccc1C(=O)O. The van der Waals surface area contributed by atoms with Gasteiger partial charge in [0, 0.05) is 12.2 Å². The Hall–Kier alpha value is -2.04. The highest BCUT2D eigenvalue weighted by Gasteiger charge is 2.28. The molecule has 0 radical (unpaired) electrons. The Balaban J connectivity index is 1.97. The van der Waals surface area contributed by atoms with Gasteiger partial charge in [-0.3, -0.25) is 0 Å². The van der Waals surface area contributed by atoms with E-state index in [-0.39, 0.29) is 17.0 Å². The van der Waals surface area contributed by atoms with Gasteiger partial charge in [-0.25, -0.2) is 9.59 Å². The Morgan fingerprint density at radius 2 is 1.95 bits per heavy atom. The van der Waals surface area contributed by atoms with Gasteiger partial charge in [0.25, 0.3) is 0 Å². The summed E-state index contributed by atoms with van der Waals surface area (Å²) in [6.45, 7) is 4.53. The number of carboxylic acids is 1. The van der Waals surface area contributed by atoms with Gasteiger partial charge in [0.15, 0.2) is 0 Å². The van der Waals surface area contributed by atoms with Gasteiger partial charge >= 0.3 is 12.0 Å². The van der Waals surface area contributed by atoms with Crippen LogP contribution < -0.4 is 10.6 Å². The maximum Gasteiger partial charge on any atom is 0.336 e. The monoisotopic (exact) mass is 290 g/mol. The van der Waals surface area contributed by atoms with E-state index >= 15 is 0 Å². The third kappa shape index (κ3) is 3.74. The van der Waals surface area contributed by atoms with E-state index in [1.807, 2.05) is 0 Å². The first-order valence-electron chi connectivity index (χ1n) is 7.29. The van der Waals surface area contributed by atoms with Gasteiger partial charge in [-0.2, -0.15) is 0 Å². The fourth-order valence-corrected chi connectivity index (χ4v) is 2.87. The molecule has 1 aliphatic rings. The van der Waals surface area contributed by atoms with Gasteiger partial charge in [-0.15, -0.1) is 0 Å². The highest BCUT2D eigenvalue weighted by atomic mass is 16.4. The average molecular weight is 290 g/mol. The van der Waals surface area contributed by atoms with Crippen LogP contribution in [0.25, 0.3) is 0 Å². The van der Waals surface area contributed by atoms with E-state index in [4.69, 9.17) is 5.11 Å². The number of carboxylic acid groups (broad SMARTS) is 1. The molecule has 2 rings (SSSR count). The van der Waals surface area contributed by atoms with Crippen molar-refractivity contribution in [1.29, 1.82) is 0 Å². The third-order valence-electron chi connectivity index (χ3n) is 4.30. The summed E-state index contributed by atoms with van der Waals surface area (Å²) in [7, 11) is 0. The van der Waals surface area contributed by atoms with Crippen LogP contribution in [0.15, 0.2) is 18.2 Å². The lowest BCUT2D eigenvalue weighted by molar-refractivity contribution is 0.0696. The zero-order chi connectivity index (χ0) is 15.5. The van der Waals surface area contributed by atoms with E-state index < -0.39 is 5.97 Å². The van der Waals surface area contributed by atoms with Crippen LogP contribution in [0.2, 0.25) is 0 Å². The standard InChI is InChI=1S/C16H22N2O3/c1-11-12(14(19)20)6-5-7-13(11)18-15(21)17-10-16(2)8-3-4-9-16/h5-7H,3-4,8-10H2,1-2H3,(H,19,20)(H2,17,18,21). The van der Waals surface area contributed by atoms with Crippen molar-refractivity contribution in [2.24, 2.45) is 5.41 Å². The fraction of sp³-hybridized carbons (Fsp3) is 0.500. The van der Waals surface area contributed by atoms with E-state index in [1.54, 1.807) is 19.1 Å². The number of carbonyl (C=O) groups is 2. The lowest BCUT2D eigenvalue weighted by Gasteiger charge is -2.23. The molecule has 0 atom stereocenters. The van der Waals surface area contributed by atoms with Crippen molar-refractivity contribution in [1.82, 2.24) is 5.32 Å². The quantitative estimate of drug-likeness (QED) is 0.795. The molecule has 5 heteroatoms. The number of urea groups is 1. The molecule has 2 amide bonds. The smallest absolute Gasteiger partial charge is 0.336 e. The van der Waals surface area contributed by atoms with Crippen molar-refractivity contribution in [3.05, 3.63) is 29.3 Å². The maximum atomic E-state index is 12.0. The summed E-state index contributed by atoms with van der Waals surface area (Å²) in [5.74, 6) is -0.991. The third-order valence-corrected chi connectivity index (χ3v) is 4.30. The first-order valence-corrected chi connectivity index (χ1v) is 7.29. The van der Waals surface area contributed by atoms with Gasteiger partial charge < -0.3 is 15.7 Å². The second kappa shape index (κ2) is 6.16. The van der Waals surface area contributed by atoms with Crippen molar-refractivity contribution >= 4 is 17.7 Å². The summed E-state index contributed by atoms with van der Waals surface area (Å²) in [4.78, 5) is 23.0. The van der Waals surface area contributed by atoms with Gasteiger partial charge in [0.05, 0.1) is 5.56 Å². The highest BCUT2D eigenvalue weighted by Crippen LogP contribution is 2.36. The normalized spacial score (nSPS) is 16.5. The molecule has 0 unspecified atom stereocenters. The summed E-state index contributed by atoms with van der Waals surface area (Å²) in [5.41, 5.74) is 1.49. The van der Waals surface area contributed by atoms with Crippen molar-refractivity contribution in [2.75, 3.05) is 11.9 Å². The van der Waals surface area contributed by atoms with E-state index in [0.29, 0.717) is 17.8 Å². The maximum absolute atomic E-state index is 12.0. The Morgan fingerprint density at radius 1 is 1.29 bits per heavy atom. The van der Waals surface area contributed by atoms with Crippen molar-refractivity contribution in [3.63, 3.8) is 0 Å². The lowest BCUT2D eigenvalue weighted by atomic mass is 9.89. The van der Waals surface area contributed by atoms with Crippen molar-refractivity contribution in [3.8, 4) is 0 Å². The van der Waals surface area contributed by atoms with Gasteiger partial charge in [-0.1, -0.05) is 25.8 Å². The molecule has 3 N–H and O–H groups in total. The van der Waals surface area contributed by atoms with Gasteiger partial charge in [0.2, 0.25) is 0 Å². The summed E-state index contributed by atoms with van der Waals surface area (Å²) < 4.78 is 0. The summed E-state index contributed by atoms with van der Waals surface area (Å²) in [6, 6.07) is 4.58. The van der Waals surface area contributed by atoms with Crippen LogP contribution in [-0.2, 0) is 0 Å². The molecule has 1 fully saturated rings. The molecule has 0 bridgehead atoms. The molecule has 0 aromatic heterocycles. The predicted molar refractivity (Wildman–Crippen MR) is 81.7 cm³/mol. The number of carbonyl (C=O) groups excluding carboxylic acids is 1. The lowest BCUT2D eigenvalue weighted by Crippen LogP contribution is -2.37. The molecular formula is C16H22N2O3. The first-order chi connectivity index (χ1) is 9.91. The molecule has 21 heavy (non-hydrogen) atoms. The molecule has 1 aromatic rings. The Labute approximate surface area is 124 Å². The van der Waals surface area contributed by atoms with E-state index in [9.17, 15) is 9.59 Å². The molecule has 1 aliphatic carbocycles. The zero-order valence-corrected chi connectivity index (χ0v) is 12.5. The molecule has 0 aliphatic heterocycles. The zero-order valence-electron chi connectivity index (χ0n) is 12.5. The van der Waals surface area contributed by atoms with Gasteiger partial charge in [0.1, 0.15) is 0 Å². The van der Waals surface area contributed by atoms with Crippen molar-refractivity contribution < 1.29 is 14.7 Å². The molecule has 0 spiro atoms. The Morgan fingerprint density at radius 3 is 2.57 bits per heavy atom. The minimum absolute atomic E-state index is 0.190. The summed E-state index contributed by atoms with van der Waals surface area (Å²) in [6.07, 6.45) is 4.72. The molecule has 1 aromatic carbocycles. The Kier molecular flexibility index (Phi) is 4.50. The van der Waals surface area contributed by atoms with Crippen LogP contribution in [0.1, 0.15) is 48.5 Å². The largest absolute Gasteiger partial charge is 0.478 e. The number of amides is 2. The topological polar surface area (TPSA) is 78.4 Å². The minimum Gasteiger partial charge on any atom is -0.478 e. The van der Waals surface area contributed by atoms with E-state index in [0.717, 1.165) is 12.8 Å². The number of hydrogen-bond donors (Lipinski definition) is 3. The summed E-state index contributed by atoms with van der Waals surface area (Å²) >= 11 is 0. The van der Waals surface area contributed by atoms with E-state index in [2.05, 4.69) is 17.6 Å². The van der Waals surface area contributed by atoms with Crippen LogP contribution in [-0.4, -0.2) is 23.7 Å². The summed E-state index contributed by atoms with van der Waals surface area (Å²) in [5, 5.41) is 14.7. The second-order valence-corrected chi connectivity index (χ2v) is 6.11. The Bertz CT molecular complexity index is 548. The second-order valence-electron chi connectivity index (χ2n) is 6.11. The number of aromatic carboxylic acids is 1. The molecule has 5 nitrogen and oxygen atoms in total. The number of rotatable bonds is 4. The average Bonchev–Trinajstić information content (AvgIpc) is 2.86. The number of anilines is 1. The fourth-order valence-electron chi connectivity index (χ4n) is 2.87. The van der Waals surface area contributed by atoms with Crippen LogP contribution in [0.5, 0.6) is 0 Å². The molecule has 1 saturated carbocycles. The number of nitrogens with one attached hydrogen (secondary N) is 2. The minimum atomic E-state index is -0.991. The highest BCUT2D eigenvalue weighted by molar-refractivity contribution is 5.95. The van der Waals surface area contributed by atoms with Crippen molar-refractivity contribution in [2.45, 2.75) is 39.5 Å². The van der Waals surface area contributed by atoms with Gasteiger partial charge in [-0.05, 0) is 42.9 Å². The molecule has 0 heterocycles. The molecular weight excluding hydrogens is 268 g/mol. The number of hydrogen-bond acceptors (Lipinski definition) is 2. The predicted octanol–water partition coefficient (Wildman–Crippen LogP) is 3.40. The van der Waals surface area contributed by atoms with Crippen LogP contribution >= 0.6 is 0 Å². The van der Waals surface area contributed by atoms with Crippen LogP contribution in [0.4, 0.5) is 10.5 Å². The molecule has 0 saturated heterocycles. The first kappa shape index (κ1) is 15.4.